The number of nitrogens with one attached hydrogen (secondary N) is 2. The second-order valence-corrected chi connectivity index (χ2v) is 5.44. The minimum Gasteiger partial charge on any atom is -0.348 e. The predicted octanol–water partition coefficient (Wildman–Crippen LogP) is 3.18. The van der Waals surface area contributed by atoms with E-state index < -0.39 is 0 Å². The Hall–Kier alpha value is -1.61. The number of hydrogen-bond acceptors (Lipinski definition) is 2. The fourth-order valence-electron chi connectivity index (χ4n) is 3.02. The van der Waals surface area contributed by atoms with Gasteiger partial charge < -0.3 is 10.3 Å². The molecule has 2 N–H and O–H groups in total. The molecule has 1 aliphatic carbocycles. The van der Waals surface area contributed by atoms with Gasteiger partial charge >= 0.3 is 0 Å². The molecule has 3 heteroatoms. The largest absolute Gasteiger partial charge is 0.348 e. The maximum atomic E-state index is 4.05. The van der Waals surface area contributed by atoms with E-state index in [9.17, 15) is 0 Å². The second kappa shape index (κ2) is 5.57. The number of imidazole rings is 1. The van der Waals surface area contributed by atoms with E-state index in [0.29, 0.717) is 12.0 Å². The van der Waals surface area contributed by atoms with E-state index in [0.717, 1.165) is 13.0 Å². The average Bonchev–Trinajstić information content (AvgIpc) is 2.95. The van der Waals surface area contributed by atoms with Crippen molar-refractivity contribution in [3.05, 3.63) is 53.6 Å². The van der Waals surface area contributed by atoms with Gasteiger partial charge in [-0.25, -0.2) is 4.98 Å². The fourth-order valence-corrected chi connectivity index (χ4v) is 3.02. The molecule has 3 rings (SSSR count). The van der Waals surface area contributed by atoms with Crippen molar-refractivity contribution in [2.24, 2.45) is 0 Å². The molecule has 19 heavy (non-hydrogen) atoms. The summed E-state index contributed by atoms with van der Waals surface area (Å²) < 4.78 is 0. The van der Waals surface area contributed by atoms with Crippen LogP contribution in [0.2, 0.25) is 0 Å². The number of benzene rings is 1. The van der Waals surface area contributed by atoms with Crippen molar-refractivity contribution in [1.82, 2.24) is 15.3 Å². The SMILES string of the molecule is CC1CCC(NCCc2cnc[nH]2)c2ccccc21. The van der Waals surface area contributed by atoms with Crippen LogP contribution in [0.5, 0.6) is 0 Å². The summed E-state index contributed by atoms with van der Waals surface area (Å²) in [6.45, 7) is 3.33. The maximum Gasteiger partial charge on any atom is 0.0921 e. The summed E-state index contributed by atoms with van der Waals surface area (Å²) in [5.41, 5.74) is 4.21. The van der Waals surface area contributed by atoms with Crippen molar-refractivity contribution in [2.75, 3.05) is 6.54 Å². The quantitative estimate of drug-likeness (QED) is 0.881. The minimum atomic E-state index is 0.510. The van der Waals surface area contributed by atoms with Crippen molar-refractivity contribution in [1.29, 1.82) is 0 Å². The van der Waals surface area contributed by atoms with Gasteiger partial charge in [-0.2, -0.15) is 0 Å². The Balaban J connectivity index is 1.64. The predicted molar refractivity (Wildman–Crippen MR) is 77.1 cm³/mol. The molecule has 0 saturated carbocycles. The van der Waals surface area contributed by atoms with Crippen LogP contribution in [0, 0.1) is 0 Å². The summed E-state index contributed by atoms with van der Waals surface area (Å²) in [5.74, 6) is 0.696. The van der Waals surface area contributed by atoms with E-state index in [2.05, 4.69) is 46.5 Å². The first-order valence-electron chi connectivity index (χ1n) is 7.14. The molecule has 2 unspecified atom stereocenters. The van der Waals surface area contributed by atoms with Crippen LogP contribution in [0.15, 0.2) is 36.8 Å². The molecular formula is C16H21N3. The third kappa shape index (κ3) is 2.71. The van der Waals surface area contributed by atoms with Crippen LogP contribution in [-0.2, 0) is 6.42 Å². The molecule has 0 aliphatic heterocycles. The average molecular weight is 255 g/mol. The number of rotatable bonds is 4. The smallest absolute Gasteiger partial charge is 0.0921 e. The molecule has 0 radical (unpaired) electrons. The van der Waals surface area contributed by atoms with Crippen LogP contribution in [0.25, 0.3) is 0 Å². The third-order valence-corrected chi connectivity index (χ3v) is 4.13. The van der Waals surface area contributed by atoms with Crippen molar-refractivity contribution in [3.63, 3.8) is 0 Å². The number of hydrogen-bond donors (Lipinski definition) is 2. The number of aromatic nitrogens is 2. The summed E-state index contributed by atoms with van der Waals surface area (Å²) in [6, 6.07) is 9.37. The molecule has 1 aromatic heterocycles. The number of H-pyrrole nitrogens is 1. The van der Waals surface area contributed by atoms with Crippen LogP contribution in [0.3, 0.4) is 0 Å². The number of fused-ring (bicyclic) bond motifs is 1. The van der Waals surface area contributed by atoms with E-state index in [4.69, 9.17) is 0 Å². The van der Waals surface area contributed by atoms with E-state index in [-0.39, 0.29) is 0 Å². The van der Waals surface area contributed by atoms with Crippen molar-refractivity contribution in [2.45, 2.75) is 38.1 Å². The van der Waals surface area contributed by atoms with Crippen molar-refractivity contribution in [3.8, 4) is 0 Å². The zero-order chi connectivity index (χ0) is 13.1. The zero-order valence-corrected chi connectivity index (χ0v) is 11.4. The highest BCUT2D eigenvalue weighted by atomic mass is 14.9. The molecule has 100 valence electrons. The van der Waals surface area contributed by atoms with Crippen LogP contribution in [-0.4, -0.2) is 16.5 Å². The van der Waals surface area contributed by atoms with Gasteiger partial charge in [0.05, 0.1) is 6.33 Å². The molecule has 0 bridgehead atoms. The maximum absolute atomic E-state index is 4.05. The Morgan fingerprint density at radius 1 is 1.26 bits per heavy atom. The standard InChI is InChI=1S/C16H21N3/c1-12-6-7-16(15-5-3-2-4-14(12)15)18-9-8-13-10-17-11-19-13/h2-5,10-12,16,18H,6-9H2,1H3,(H,17,19). The topological polar surface area (TPSA) is 40.7 Å². The van der Waals surface area contributed by atoms with E-state index in [1.165, 1.54) is 29.7 Å². The lowest BCUT2D eigenvalue weighted by atomic mass is 9.81. The summed E-state index contributed by atoms with van der Waals surface area (Å²) in [7, 11) is 0. The van der Waals surface area contributed by atoms with Crippen LogP contribution < -0.4 is 5.32 Å². The molecule has 1 aliphatic rings. The Labute approximate surface area is 114 Å². The van der Waals surface area contributed by atoms with Gasteiger partial charge in [-0.05, 0) is 29.9 Å². The molecular weight excluding hydrogens is 234 g/mol. The second-order valence-electron chi connectivity index (χ2n) is 5.44. The summed E-state index contributed by atoms with van der Waals surface area (Å²) in [5, 5.41) is 3.69. The van der Waals surface area contributed by atoms with Gasteiger partial charge in [-0.3, -0.25) is 0 Å². The first-order valence-corrected chi connectivity index (χ1v) is 7.14. The fraction of sp³-hybridized carbons (Fsp3) is 0.438. The molecule has 1 heterocycles. The van der Waals surface area contributed by atoms with Gasteiger partial charge in [0, 0.05) is 30.9 Å². The minimum absolute atomic E-state index is 0.510. The van der Waals surface area contributed by atoms with Crippen molar-refractivity contribution >= 4 is 0 Å². The Morgan fingerprint density at radius 2 is 2.11 bits per heavy atom. The summed E-state index contributed by atoms with van der Waals surface area (Å²) in [4.78, 5) is 7.20. The summed E-state index contributed by atoms with van der Waals surface area (Å²) in [6.07, 6.45) is 7.17. The third-order valence-electron chi connectivity index (χ3n) is 4.13. The van der Waals surface area contributed by atoms with Crippen LogP contribution in [0.4, 0.5) is 0 Å². The molecule has 3 nitrogen and oxygen atoms in total. The Morgan fingerprint density at radius 3 is 2.89 bits per heavy atom. The molecule has 0 amide bonds. The Bertz CT molecular complexity index is 519. The molecule has 2 aromatic rings. The first kappa shape index (κ1) is 12.4. The molecule has 0 fully saturated rings. The Kier molecular flexibility index (Phi) is 3.65. The van der Waals surface area contributed by atoms with E-state index in [1.54, 1.807) is 6.33 Å². The van der Waals surface area contributed by atoms with Gasteiger partial charge in [-0.15, -0.1) is 0 Å². The number of nitrogens with zero attached hydrogens (tertiary/aromatic N) is 1. The highest BCUT2D eigenvalue weighted by Crippen LogP contribution is 2.36. The lowest BCUT2D eigenvalue weighted by Crippen LogP contribution is -2.28. The van der Waals surface area contributed by atoms with Crippen LogP contribution >= 0.6 is 0 Å². The highest BCUT2D eigenvalue weighted by molar-refractivity contribution is 5.34. The highest BCUT2D eigenvalue weighted by Gasteiger charge is 2.23. The lowest BCUT2D eigenvalue weighted by Gasteiger charge is -2.30. The summed E-state index contributed by atoms with van der Waals surface area (Å²) >= 11 is 0. The molecule has 0 spiro atoms. The van der Waals surface area contributed by atoms with E-state index >= 15 is 0 Å². The van der Waals surface area contributed by atoms with Gasteiger partial charge in [0.1, 0.15) is 0 Å². The molecule has 1 aromatic carbocycles. The zero-order valence-electron chi connectivity index (χ0n) is 11.4. The molecule has 2 atom stereocenters. The van der Waals surface area contributed by atoms with E-state index in [1.807, 2.05) is 6.20 Å². The normalized spacial score (nSPS) is 22.2. The number of aromatic amines is 1. The molecule has 0 saturated heterocycles. The van der Waals surface area contributed by atoms with Crippen LogP contribution in [0.1, 0.15) is 48.5 Å². The van der Waals surface area contributed by atoms with Crippen molar-refractivity contribution < 1.29 is 0 Å². The first-order chi connectivity index (χ1) is 9.34. The lowest BCUT2D eigenvalue weighted by molar-refractivity contribution is 0.434. The van der Waals surface area contributed by atoms with Gasteiger partial charge in [0.25, 0.3) is 0 Å². The monoisotopic (exact) mass is 255 g/mol. The van der Waals surface area contributed by atoms with Gasteiger partial charge in [0.15, 0.2) is 0 Å². The van der Waals surface area contributed by atoms with Gasteiger partial charge in [-0.1, -0.05) is 31.2 Å². The van der Waals surface area contributed by atoms with Gasteiger partial charge in [0.2, 0.25) is 0 Å².